The van der Waals surface area contributed by atoms with Gasteiger partial charge in [-0.1, -0.05) is 19.9 Å². The fourth-order valence-electron chi connectivity index (χ4n) is 4.23. The molecule has 0 aromatic heterocycles. The summed E-state index contributed by atoms with van der Waals surface area (Å²) >= 11 is 0. The molecule has 1 saturated heterocycles. The third-order valence-corrected chi connectivity index (χ3v) is 5.94. The van der Waals surface area contributed by atoms with Gasteiger partial charge in [0.1, 0.15) is 11.3 Å². The summed E-state index contributed by atoms with van der Waals surface area (Å²) in [7, 11) is 0. The highest BCUT2D eigenvalue weighted by atomic mass is 35.5. The number of ether oxygens (including phenoxy) is 1. The largest absolute Gasteiger partial charge is 0.507 e. The Kier molecular flexibility index (Phi) is 4.92. The maximum absolute atomic E-state index is 13.0. The second-order valence-corrected chi connectivity index (χ2v) is 7.49. The van der Waals surface area contributed by atoms with Crippen molar-refractivity contribution in [1.82, 2.24) is 0 Å². The molecule has 2 aliphatic rings. The topological polar surface area (TPSA) is 84.6 Å². The van der Waals surface area contributed by atoms with Crippen LogP contribution in [0.3, 0.4) is 0 Å². The first-order chi connectivity index (χ1) is 10.7. The first kappa shape index (κ1) is 19.0. The molecule has 1 heterocycles. The molecule has 1 aromatic carbocycles. The van der Waals surface area contributed by atoms with E-state index in [2.05, 4.69) is 5.32 Å². The number of nitrogens with one attached hydrogen (secondary N) is 1. The van der Waals surface area contributed by atoms with Crippen LogP contribution in [0.15, 0.2) is 12.1 Å². The summed E-state index contributed by atoms with van der Waals surface area (Å²) in [5.41, 5.74) is 7.28. The highest BCUT2D eigenvalue weighted by Gasteiger charge is 2.70. The number of anilines is 1. The molecular weight excluding hydrogens is 328 g/mol. The Labute approximate surface area is 149 Å². The first-order valence-electron chi connectivity index (χ1n) is 8.22. The fraction of sp³-hybridized carbons (Fsp3) is 0.611. The van der Waals surface area contributed by atoms with Gasteiger partial charge in [0.25, 0.3) is 0 Å². The van der Waals surface area contributed by atoms with E-state index in [-0.39, 0.29) is 36.1 Å². The van der Waals surface area contributed by atoms with Crippen molar-refractivity contribution in [2.45, 2.75) is 52.2 Å². The second kappa shape index (κ2) is 6.21. The van der Waals surface area contributed by atoms with Crippen LogP contribution in [0.25, 0.3) is 0 Å². The molecule has 24 heavy (non-hydrogen) atoms. The van der Waals surface area contributed by atoms with E-state index in [9.17, 15) is 9.90 Å². The zero-order chi connectivity index (χ0) is 17.0. The molecule has 5 nitrogen and oxygen atoms in total. The summed E-state index contributed by atoms with van der Waals surface area (Å²) in [5.74, 6) is 0.0619. The van der Waals surface area contributed by atoms with Gasteiger partial charge in [-0.25, -0.2) is 0 Å². The van der Waals surface area contributed by atoms with Gasteiger partial charge in [-0.05, 0) is 38.3 Å². The maximum atomic E-state index is 13.0. The van der Waals surface area contributed by atoms with Crippen LogP contribution in [0.1, 0.15) is 37.8 Å². The Morgan fingerprint density at radius 2 is 2.04 bits per heavy atom. The molecule has 3 unspecified atom stereocenters. The van der Waals surface area contributed by atoms with Crippen molar-refractivity contribution in [3.05, 3.63) is 23.3 Å². The van der Waals surface area contributed by atoms with Gasteiger partial charge >= 0.3 is 0 Å². The van der Waals surface area contributed by atoms with E-state index >= 15 is 0 Å². The lowest BCUT2D eigenvalue weighted by atomic mass is 9.46. The lowest BCUT2D eigenvalue weighted by molar-refractivity contribution is -0.222. The summed E-state index contributed by atoms with van der Waals surface area (Å²) in [5, 5.41) is 13.0. The van der Waals surface area contributed by atoms with Crippen molar-refractivity contribution in [3.8, 4) is 5.75 Å². The molecular formula is C18H27ClN2O3. The summed E-state index contributed by atoms with van der Waals surface area (Å²) < 4.78 is 5.85. The van der Waals surface area contributed by atoms with Crippen LogP contribution in [0.2, 0.25) is 0 Å². The molecule has 0 spiro atoms. The van der Waals surface area contributed by atoms with Crippen LogP contribution in [0, 0.1) is 25.2 Å². The number of hydrogen-bond acceptors (Lipinski definition) is 4. The summed E-state index contributed by atoms with van der Waals surface area (Å²) in [4.78, 5) is 13.0. The van der Waals surface area contributed by atoms with Crippen molar-refractivity contribution < 1.29 is 14.6 Å². The summed E-state index contributed by atoms with van der Waals surface area (Å²) in [6.07, 6.45) is 1.89. The molecule has 3 rings (SSSR count). The number of amides is 1. The Bertz CT molecular complexity index is 662. The average molecular weight is 355 g/mol. The molecule has 134 valence electrons. The predicted octanol–water partition coefficient (Wildman–Crippen LogP) is 2.90. The number of nitrogens with two attached hydrogens (primary N) is 1. The van der Waals surface area contributed by atoms with Gasteiger partial charge < -0.3 is 20.9 Å². The SMILES string of the molecule is Cc1ccc(NC(=O)C2(N)C3CCCOC3C2(C)C)c(C)c1O.Cl. The van der Waals surface area contributed by atoms with Crippen LogP contribution < -0.4 is 11.1 Å². The molecule has 4 N–H and O–H groups in total. The molecule has 2 fully saturated rings. The van der Waals surface area contributed by atoms with Crippen LogP contribution in [0.5, 0.6) is 5.75 Å². The quantitative estimate of drug-likeness (QED) is 0.762. The van der Waals surface area contributed by atoms with Gasteiger partial charge in [-0.15, -0.1) is 12.4 Å². The molecule has 3 atom stereocenters. The van der Waals surface area contributed by atoms with Gasteiger partial charge in [0.05, 0.1) is 6.10 Å². The number of halogens is 1. The van der Waals surface area contributed by atoms with Gasteiger partial charge in [0, 0.05) is 29.2 Å². The van der Waals surface area contributed by atoms with Crippen LogP contribution in [0.4, 0.5) is 5.69 Å². The Morgan fingerprint density at radius 3 is 2.71 bits per heavy atom. The maximum Gasteiger partial charge on any atom is 0.245 e. The van der Waals surface area contributed by atoms with E-state index < -0.39 is 11.0 Å². The van der Waals surface area contributed by atoms with Crippen LogP contribution >= 0.6 is 12.4 Å². The molecule has 1 aliphatic heterocycles. The summed E-state index contributed by atoms with van der Waals surface area (Å²) in [6.45, 7) is 8.36. The predicted molar refractivity (Wildman–Crippen MR) is 96.6 cm³/mol. The number of benzene rings is 1. The molecule has 1 aromatic rings. The number of hydrogen-bond donors (Lipinski definition) is 3. The minimum atomic E-state index is -0.953. The van der Waals surface area contributed by atoms with Gasteiger partial charge in [0.2, 0.25) is 5.91 Å². The monoisotopic (exact) mass is 354 g/mol. The van der Waals surface area contributed by atoms with Crippen molar-refractivity contribution in [2.24, 2.45) is 17.1 Å². The van der Waals surface area contributed by atoms with Gasteiger partial charge in [-0.2, -0.15) is 0 Å². The number of aromatic hydroxyl groups is 1. The molecule has 1 amide bonds. The number of phenols is 1. The first-order valence-corrected chi connectivity index (χ1v) is 8.22. The fourth-order valence-corrected chi connectivity index (χ4v) is 4.23. The minimum Gasteiger partial charge on any atom is -0.507 e. The minimum absolute atomic E-state index is 0. The third-order valence-electron chi connectivity index (χ3n) is 5.94. The number of rotatable bonds is 2. The molecule has 0 radical (unpaired) electrons. The van der Waals surface area contributed by atoms with Gasteiger partial charge in [-0.3, -0.25) is 4.79 Å². The van der Waals surface area contributed by atoms with E-state index in [1.807, 2.05) is 26.8 Å². The third kappa shape index (κ3) is 2.41. The lowest BCUT2D eigenvalue weighted by Crippen LogP contribution is -2.81. The Balaban J connectivity index is 0.00000208. The van der Waals surface area contributed by atoms with E-state index in [0.717, 1.165) is 25.0 Å². The highest BCUT2D eigenvalue weighted by molar-refractivity contribution is 6.01. The van der Waals surface area contributed by atoms with Crippen LogP contribution in [-0.2, 0) is 9.53 Å². The van der Waals surface area contributed by atoms with Crippen LogP contribution in [-0.4, -0.2) is 29.3 Å². The Morgan fingerprint density at radius 1 is 1.38 bits per heavy atom. The molecule has 6 heteroatoms. The van der Waals surface area contributed by atoms with Crippen molar-refractivity contribution in [2.75, 3.05) is 11.9 Å². The Hall–Kier alpha value is -1.30. The van der Waals surface area contributed by atoms with Crippen molar-refractivity contribution in [3.63, 3.8) is 0 Å². The number of carbonyl (C=O) groups excluding carboxylic acids is 1. The van der Waals surface area contributed by atoms with Crippen molar-refractivity contribution >= 4 is 24.0 Å². The number of phenolic OH excluding ortho intramolecular Hbond substituents is 1. The van der Waals surface area contributed by atoms with E-state index in [1.54, 1.807) is 13.0 Å². The average Bonchev–Trinajstić information content (AvgIpc) is 2.54. The van der Waals surface area contributed by atoms with E-state index in [1.165, 1.54) is 0 Å². The van der Waals surface area contributed by atoms with Crippen molar-refractivity contribution in [1.29, 1.82) is 0 Å². The van der Waals surface area contributed by atoms with Gasteiger partial charge in [0.15, 0.2) is 0 Å². The van der Waals surface area contributed by atoms with E-state index in [4.69, 9.17) is 10.5 Å². The molecule has 0 bridgehead atoms. The second-order valence-electron chi connectivity index (χ2n) is 7.49. The molecule has 1 aliphatic carbocycles. The lowest BCUT2D eigenvalue weighted by Gasteiger charge is -2.65. The highest BCUT2D eigenvalue weighted by Crippen LogP contribution is 2.57. The number of carbonyl (C=O) groups is 1. The zero-order valence-electron chi connectivity index (χ0n) is 14.7. The molecule has 1 saturated carbocycles. The zero-order valence-corrected chi connectivity index (χ0v) is 15.5. The van der Waals surface area contributed by atoms with E-state index in [0.29, 0.717) is 11.3 Å². The standard InChI is InChI=1S/C18H26N2O3.ClH/c1-10-7-8-13(11(2)14(10)21)20-16(22)18(19)12-6-5-9-23-15(12)17(18,3)4;/h7-8,12,15,21H,5-6,9,19H2,1-4H3,(H,20,22);1H. The number of fused-ring (bicyclic) bond motifs is 1. The normalized spacial score (nSPS) is 30.5. The smallest absolute Gasteiger partial charge is 0.245 e. The number of aryl methyl sites for hydroxylation is 1. The summed E-state index contributed by atoms with van der Waals surface area (Å²) in [6, 6.07) is 3.60.